The summed E-state index contributed by atoms with van der Waals surface area (Å²) in [5, 5.41) is 8.75. The van der Waals surface area contributed by atoms with Gasteiger partial charge in [-0.1, -0.05) is 11.8 Å². The van der Waals surface area contributed by atoms with Crippen molar-refractivity contribution in [2.45, 2.75) is 39.2 Å². The molecule has 1 aromatic rings. The van der Waals surface area contributed by atoms with E-state index in [-0.39, 0.29) is 12.5 Å². The zero-order valence-electron chi connectivity index (χ0n) is 12.1. The second-order valence-electron chi connectivity index (χ2n) is 5.19. The normalized spacial score (nSPS) is 13.6. The van der Waals surface area contributed by atoms with E-state index in [1.807, 2.05) is 36.9 Å². The molecule has 0 spiro atoms. The third-order valence-electron chi connectivity index (χ3n) is 3.38. The molecule has 0 saturated heterocycles. The molecule has 0 radical (unpaired) electrons. The summed E-state index contributed by atoms with van der Waals surface area (Å²) in [4.78, 5) is 14.5. The minimum Gasteiger partial charge on any atom is -0.395 e. The number of aliphatic hydroxyl groups excluding tert-OH is 1. The molecular formula is C17H21NO2. The van der Waals surface area contributed by atoms with E-state index in [0.717, 1.165) is 30.5 Å². The van der Waals surface area contributed by atoms with Gasteiger partial charge in [0.2, 0.25) is 0 Å². The summed E-state index contributed by atoms with van der Waals surface area (Å²) in [6.07, 6.45) is 2.70. The van der Waals surface area contributed by atoms with Crippen molar-refractivity contribution in [3.63, 3.8) is 0 Å². The van der Waals surface area contributed by atoms with Gasteiger partial charge in [0.1, 0.15) is 0 Å². The molecule has 0 aliphatic heterocycles. The van der Waals surface area contributed by atoms with E-state index in [1.165, 1.54) is 0 Å². The molecule has 1 amide bonds. The van der Waals surface area contributed by atoms with Gasteiger partial charge in [-0.05, 0) is 50.5 Å². The summed E-state index contributed by atoms with van der Waals surface area (Å²) in [6, 6.07) is 6.17. The number of carbonyl (C=O) groups excluding carboxylic acids is 1. The first-order chi connectivity index (χ1) is 9.65. The highest BCUT2D eigenvalue weighted by molar-refractivity contribution is 5.95. The SMILES string of the molecule is CCN(C(=O)c1cc(C)cc(C#CCCO)c1)C1CC1. The van der Waals surface area contributed by atoms with Gasteiger partial charge in [-0.3, -0.25) is 4.79 Å². The average Bonchev–Trinajstić information content (AvgIpc) is 3.24. The fourth-order valence-corrected chi connectivity index (χ4v) is 2.32. The number of hydrogen-bond donors (Lipinski definition) is 1. The van der Waals surface area contributed by atoms with Crippen LogP contribution in [0.5, 0.6) is 0 Å². The van der Waals surface area contributed by atoms with Crippen LogP contribution in [0.1, 0.15) is 47.7 Å². The number of carbonyl (C=O) groups is 1. The van der Waals surface area contributed by atoms with Crippen LogP contribution < -0.4 is 0 Å². The van der Waals surface area contributed by atoms with Crippen LogP contribution in [-0.4, -0.2) is 35.1 Å². The maximum atomic E-state index is 12.5. The summed E-state index contributed by atoms with van der Waals surface area (Å²) in [5.41, 5.74) is 2.59. The van der Waals surface area contributed by atoms with Gasteiger partial charge < -0.3 is 10.0 Å². The Morgan fingerprint density at radius 3 is 2.75 bits per heavy atom. The van der Waals surface area contributed by atoms with Crippen molar-refractivity contribution in [3.8, 4) is 11.8 Å². The Morgan fingerprint density at radius 1 is 1.40 bits per heavy atom. The largest absolute Gasteiger partial charge is 0.395 e. The number of amides is 1. The second kappa shape index (κ2) is 6.58. The monoisotopic (exact) mass is 271 g/mol. The molecule has 1 fully saturated rings. The Balaban J connectivity index is 2.23. The van der Waals surface area contributed by atoms with E-state index >= 15 is 0 Å². The van der Waals surface area contributed by atoms with E-state index in [9.17, 15) is 4.79 Å². The number of rotatable bonds is 4. The van der Waals surface area contributed by atoms with Crippen molar-refractivity contribution >= 4 is 5.91 Å². The van der Waals surface area contributed by atoms with Crippen LogP contribution >= 0.6 is 0 Å². The molecule has 0 heterocycles. The lowest BCUT2D eigenvalue weighted by Gasteiger charge is -2.20. The number of aryl methyl sites for hydroxylation is 1. The van der Waals surface area contributed by atoms with Gasteiger partial charge in [0, 0.05) is 30.1 Å². The Hall–Kier alpha value is -1.79. The molecule has 3 heteroatoms. The van der Waals surface area contributed by atoms with Crippen molar-refractivity contribution in [3.05, 3.63) is 34.9 Å². The lowest BCUT2D eigenvalue weighted by atomic mass is 10.1. The molecule has 20 heavy (non-hydrogen) atoms. The molecule has 1 aliphatic carbocycles. The fourth-order valence-electron chi connectivity index (χ4n) is 2.32. The molecule has 1 saturated carbocycles. The fraction of sp³-hybridized carbons (Fsp3) is 0.471. The van der Waals surface area contributed by atoms with E-state index in [4.69, 9.17) is 5.11 Å². The minimum atomic E-state index is 0.0654. The summed E-state index contributed by atoms with van der Waals surface area (Å²) < 4.78 is 0. The first kappa shape index (κ1) is 14.6. The van der Waals surface area contributed by atoms with Crippen LogP contribution in [-0.2, 0) is 0 Å². The molecular weight excluding hydrogens is 250 g/mol. The van der Waals surface area contributed by atoms with Crippen LogP contribution in [0, 0.1) is 18.8 Å². The standard InChI is InChI=1S/C17H21NO2/c1-3-18(16-7-8-16)17(20)15-11-13(2)10-14(12-15)6-4-5-9-19/h10-12,16,19H,3,5,7-9H2,1-2H3. The molecule has 0 atom stereocenters. The summed E-state index contributed by atoms with van der Waals surface area (Å²) >= 11 is 0. The summed E-state index contributed by atoms with van der Waals surface area (Å²) in [5.74, 6) is 6.00. The zero-order chi connectivity index (χ0) is 14.5. The highest BCUT2D eigenvalue weighted by Gasteiger charge is 2.31. The van der Waals surface area contributed by atoms with Gasteiger partial charge in [-0.25, -0.2) is 0 Å². The van der Waals surface area contributed by atoms with Gasteiger partial charge in [0.15, 0.2) is 0 Å². The van der Waals surface area contributed by atoms with E-state index < -0.39 is 0 Å². The third kappa shape index (κ3) is 3.61. The van der Waals surface area contributed by atoms with Crippen LogP contribution in [0.2, 0.25) is 0 Å². The molecule has 0 unspecified atom stereocenters. The first-order valence-electron chi connectivity index (χ1n) is 7.18. The molecule has 1 aromatic carbocycles. The van der Waals surface area contributed by atoms with Gasteiger partial charge in [-0.2, -0.15) is 0 Å². The van der Waals surface area contributed by atoms with Crippen molar-refractivity contribution in [1.82, 2.24) is 4.90 Å². The Kier molecular flexibility index (Phi) is 4.81. The number of aliphatic hydroxyl groups is 1. The molecule has 3 nitrogen and oxygen atoms in total. The molecule has 1 aliphatic rings. The highest BCUT2D eigenvalue weighted by atomic mass is 16.2. The Bertz CT molecular complexity index is 550. The smallest absolute Gasteiger partial charge is 0.254 e. The van der Waals surface area contributed by atoms with Crippen molar-refractivity contribution < 1.29 is 9.90 Å². The topological polar surface area (TPSA) is 40.5 Å². The molecule has 1 N–H and O–H groups in total. The lowest BCUT2D eigenvalue weighted by Crippen LogP contribution is -2.32. The average molecular weight is 271 g/mol. The van der Waals surface area contributed by atoms with Gasteiger partial charge in [0.25, 0.3) is 5.91 Å². The Morgan fingerprint density at radius 2 is 2.15 bits per heavy atom. The summed E-state index contributed by atoms with van der Waals surface area (Å²) in [7, 11) is 0. The second-order valence-corrected chi connectivity index (χ2v) is 5.19. The predicted molar refractivity (Wildman–Crippen MR) is 79.5 cm³/mol. The van der Waals surface area contributed by atoms with E-state index in [0.29, 0.717) is 18.0 Å². The van der Waals surface area contributed by atoms with E-state index in [2.05, 4.69) is 11.8 Å². The van der Waals surface area contributed by atoms with Crippen LogP contribution in [0.3, 0.4) is 0 Å². The van der Waals surface area contributed by atoms with Crippen molar-refractivity contribution in [2.24, 2.45) is 0 Å². The lowest BCUT2D eigenvalue weighted by molar-refractivity contribution is 0.0752. The Labute approximate surface area is 120 Å². The first-order valence-corrected chi connectivity index (χ1v) is 7.18. The minimum absolute atomic E-state index is 0.0654. The number of nitrogens with zero attached hydrogens (tertiary/aromatic N) is 1. The van der Waals surface area contributed by atoms with Gasteiger partial charge >= 0.3 is 0 Å². The van der Waals surface area contributed by atoms with Gasteiger partial charge in [-0.15, -0.1) is 0 Å². The highest BCUT2D eigenvalue weighted by Crippen LogP contribution is 2.28. The van der Waals surface area contributed by atoms with Crippen molar-refractivity contribution in [1.29, 1.82) is 0 Å². The van der Waals surface area contributed by atoms with Crippen LogP contribution in [0.25, 0.3) is 0 Å². The zero-order valence-corrected chi connectivity index (χ0v) is 12.1. The molecule has 0 bridgehead atoms. The molecule has 2 rings (SSSR count). The van der Waals surface area contributed by atoms with Gasteiger partial charge in [0.05, 0.1) is 6.61 Å². The molecule has 0 aromatic heterocycles. The predicted octanol–water partition coefficient (Wildman–Crippen LogP) is 2.35. The third-order valence-corrected chi connectivity index (χ3v) is 3.38. The van der Waals surface area contributed by atoms with Crippen LogP contribution in [0.15, 0.2) is 18.2 Å². The number of benzene rings is 1. The van der Waals surface area contributed by atoms with Crippen molar-refractivity contribution in [2.75, 3.05) is 13.2 Å². The maximum Gasteiger partial charge on any atom is 0.254 e. The quantitative estimate of drug-likeness (QED) is 0.854. The van der Waals surface area contributed by atoms with E-state index in [1.54, 1.807) is 0 Å². The molecule has 106 valence electrons. The van der Waals surface area contributed by atoms with Crippen LogP contribution in [0.4, 0.5) is 0 Å². The maximum absolute atomic E-state index is 12.5. The number of hydrogen-bond acceptors (Lipinski definition) is 2. The summed E-state index contributed by atoms with van der Waals surface area (Å²) in [6.45, 7) is 4.81.